The van der Waals surface area contributed by atoms with Crippen LogP contribution in [-0.4, -0.2) is 22.0 Å². The smallest absolute Gasteiger partial charge is 0.305 e. The normalized spacial score (nSPS) is 16.8. The van der Waals surface area contributed by atoms with Gasteiger partial charge in [-0.3, -0.25) is 10.1 Å². The van der Waals surface area contributed by atoms with Crippen LogP contribution in [0.25, 0.3) is 0 Å². The highest BCUT2D eigenvalue weighted by atomic mass is 16.6. The number of nitro groups is 1. The van der Waals surface area contributed by atoms with Gasteiger partial charge in [0.25, 0.3) is 0 Å². The molecule has 2 rings (SSSR count). The Morgan fingerprint density at radius 3 is 2.74 bits per heavy atom. The summed E-state index contributed by atoms with van der Waals surface area (Å²) in [6.07, 6.45) is 4.10. The van der Waals surface area contributed by atoms with E-state index in [1.165, 1.54) is 12.1 Å². The summed E-state index contributed by atoms with van der Waals surface area (Å²) >= 11 is 0. The number of nitriles is 1. The largest absolute Gasteiger partial charge is 0.363 e. The molecule has 0 amide bonds. The van der Waals surface area contributed by atoms with Crippen molar-refractivity contribution in [3.63, 3.8) is 0 Å². The summed E-state index contributed by atoms with van der Waals surface area (Å²) < 4.78 is 0. The first kappa shape index (κ1) is 13.2. The van der Waals surface area contributed by atoms with Crippen molar-refractivity contribution >= 4 is 11.5 Å². The van der Waals surface area contributed by atoms with Crippen LogP contribution in [0.2, 0.25) is 0 Å². The summed E-state index contributed by atoms with van der Waals surface area (Å²) in [5.74, 6) is 0.467. The van der Waals surface area contributed by atoms with E-state index in [4.69, 9.17) is 11.0 Å². The molecule has 19 heavy (non-hydrogen) atoms. The van der Waals surface area contributed by atoms with Gasteiger partial charge in [-0.25, -0.2) is 4.98 Å². The van der Waals surface area contributed by atoms with Crippen LogP contribution in [-0.2, 0) is 0 Å². The fourth-order valence-electron chi connectivity index (χ4n) is 2.45. The maximum atomic E-state index is 10.7. The zero-order valence-electron chi connectivity index (χ0n) is 10.4. The molecule has 1 aromatic heterocycles. The fraction of sp³-hybridized carbons (Fsp3) is 0.500. The Labute approximate surface area is 110 Å². The number of pyridine rings is 1. The minimum atomic E-state index is -0.608. The highest BCUT2D eigenvalue weighted by molar-refractivity contribution is 5.51. The minimum absolute atomic E-state index is 0.180. The number of nitrogens with two attached hydrogens (primary N) is 1. The lowest BCUT2D eigenvalue weighted by Gasteiger charge is -2.29. The molecule has 7 nitrogen and oxygen atoms in total. The van der Waals surface area contributed by atoms with E-state index >= 15 is 0 Å². The van der Waals surface area contributed by atoms with Gasteiger partial charge in [-0.2, -0.15) is 5.26 Å². The first-order chi connectivity index (χ1) is 9.10. The molecule has 100 valence electrons. The molecule has 0 bridgehead atoms. The molecule has 0 spiro atoms. The van der Waals surface area contributed by atoms with Crippen LogP contribution in [0, 0.1) is 21.4 Å². The van der Waals surface area contributed by atoms with Gasteiger partial charge in [-0.05, 0) is 18.9 Å². The Balaban J connectivity index is 2.27. The van der Waals surface area contributed by atoms with Crippen molar-refractivity contribution in [2.24, 2.45) is 5.73 Å². The number of nitrogens with zero attached hydrogens (tertiary/aromatic N) is 3. The summed E-state index contributed by atoms with van der Waals surface area (Å²) in [5.41, 5.74) is 5.15. The van der Waals surface area contributed by atoms with Crippen LogP contribution in [0.1, 0.15) is 31.4 Å². The summed E-state index contributed by atoms with van der Waals surface area (Å²) in [6.45, 7) is 0.480. The van der Waals surface area contributed by atoms with Gasteiger partial charge in [0.1, 0.15) is 11.9 Å². The van der Waals surface area contributed by atoms with Gasteiger partial charge >= 0.3 is 5.69 Å². The number of nitrogens with one attached hydrogen (secondary N) is 1. The lowest BCUT2D eigenvalue weighted by molar-refractivity contribution is -0.385. The maximum Gasteiger partial charge on any atom is 0.305 e. The number of hydrogen-bond acceptors (Lipinski definition) is 6. The highest BCUT2D eigenvalue weighted by Gasteiger charge is 2.32. The molecular weight excluding hydrogens is 246 g/mol. The number of hydrogen-bond donors (Lipinski definition) is 2. The van der Waals surface area contributed by atoms with Gasteiger partial charge < -0.3 is 11.1 Å². The molecule has 0 aliphatic heterocycles. The zero-order valence-corrected chi connectivity index (χ0v) is 10.4. The van der Waals surface area contributed by atoms with Crippen molar-refractivity contribution in [2.45, 2.75) is 31.2 Å². The van der Waals surface area contributed by atoms with Gasteiger partial charge in [0.05, 0.1) is 10.5 Å². The molecule has 0 aromatic carbocycles. The highest BCUT2D eigenvalue weighted by Crippen LogP contribution is 2.32. The Hall–Kier alpha value is -2.20. The van der Waals surface area contributed by atoms with Crippen LogP contribution in [0.3, 0.4) is 0 Å². The van der Waals surface area contributed by atoms with Gasteiger partial charge in [-0.15, -0.1) is 0 Å². The average Bonchev–Trinajstić information content (AvgIpc) is 2.87. The van der Waals surface area contributed by atoms with E-state index in [1.807, 2.05) is 0 Å². The van der Waals surface area contributed by atoms with E-state index in [9.17, 15) is 10.1 Å². The summed E-state index contributed by atoms with van der Waals surface area (Å²) in [4.78, 5) is 14.1. The van der Waals surface area contributed by atoms with E-state index in [0.29, 0.717) is 12.4 Å². The van der Waals surface area contributed by atoms with Gasteiger partial charge in [0, 0.05) is 12.6 Å². The second-order valence-corrected chi connectivity index (χ2v) is 4.75. The topological polar surface area (TPSA) is 118 Å². The van der Waals surface area contributed by atoms with Crippen molar-refractivity contribution in [3.05, 3.63) is 27.9 Å². The minimum Gasteiger partial charge on any atom is -0.363 e. The number of rotatable bonds is 4. The molecule has 1 aliphatic carbocycles. The Bertz CT molecular complexity index is 531. The zero-order chi connectivity index (χ0) is 13.9. The molecule has 0 saturated heterocycles. The summed E-state index contributed by atoms with van der Waals surface area (Å²) in [5, 5.41) is 22.9. The molecule has 1 aliphatic rings. The molecular formula is C12H15N5O2. The monoisotopic (exact) mass is 261 g/mol. The lowest BCUT2D eigenvalue weighted by atomic mass is 9.98. The molecule has 1 heterocycles. The second kappa shape index (κ2) is 5.20. The maximum absolute atomic E-state index is 10.7. The van der Waals surface area contributed by atoms with Crippen LogP contribution in [0.5, 0.6) is 0 Å². The molecule has 0 radical (unpaired) electrons. The van der Waals surface area contributed by atoms with Crippen molar-refractivity contribution in [3.8, 4) is 6.07 Å². The quantitative estimate of drug-likeness (QED) is 0.627. The summed E-state index contributed by atoms with van der Waals surface area (Å²) in [7, 11) is 0. The van der Waals surface area contributed by atoms with E-state index in [1.54, 1.807) is 6.07 Å². The van der Waals surface area contributed by atoms with E-state index < -0.39 is 4.92 Å². The predicted molar refractivity (Wildman–Crippen MR) is 69.5 cm³/mol. The molecule has 0 atom stereocenters. The van der Waals surface area contributed by atoms with E-state index in [2.05, 4.69) is 10.3 Å². The molecule has 1 fully saturated rings. The second-order valence-electron chi connectivity index (χ2n) is 4.75. The van der Waals surface area contributed by atoms with Crippen LogP contribution < -0.4 is 11.1 Å². The third kappa shape index (κ3) is 2.63. The lowest BCUT2D eigenvalue weighted by Crippen LogP contribution is -2.43. The van der Waals surface area contributed by atoms with Crippen LogP contribution >= 0.6 is 0 Å². The van der Waals surface area contributed by atoms with Crippen LogP contribution in [0.15, 0.2) is 12.1 Å². The molecule has 1 saturated carbocycles. The molecule has 1 aromatic rings. The van der Waals surface area contributed by atoms with E-state index in [0.717, 1.165) is 25.7 Å². The fourth-order valence-corrected chi connectivity index (χ4v) is 2.45. The standard InChI is InChI=1S/C12H15N5O2/c13-7-9-10(17(18)19)3-4-11(15-9)16-12(8-14)5-1-2-6-12/h3-4H,1-2,5-6,8,14H2,(H,15,16). The Morgan fingerprint density at radius 1 is 1.53 bits per heavy atom. The molecule has 0 unspecified atom stereocenters. The Morgan fingerprint density at radius 2 is 2.21 bits per heavy atom. The summed E-state index contributed by atoms with van der Waals surface area (Å²) in [6, 6.07) is 4.57. The van der Waals surface area contributed by atoms with Gasteiger partial charge in [0.15, 0.2) is 0 Å². The van der Waals surface area contributed by atoms with Gasteiger partial charge in [-0.1, -0.05) is 12.8 Å². The first-order valence-corrected chi connectivity index (χ1v) is 6.14. The SMILES string of the molecule is N#Cc1nc(NC2(CN)CCCC2)ccc1[N+](=O)[O-]. The van der Waals surface area contributed by atoms with Crippen molar-refractivity contribution in [2.75, 3.05) is 11.9 Å². The number of anilines is 1. The Kier molecular flexibility index (Phi) is 3.62. The van der Waals surface area contributed by atoms with Gasteiger partial charge in [0.2, 0.25) is 5.69 Å². The predicted octanol–water partition coefficient (Wildman–Crippen LogP) is 1.54. The molecule has 3 N–H and O–H groups in total. The van der Waals surface area contributed by atoms with Crippen molar-refractivity contribution < 1.29 is 4.92 Å². The van der Waals surface area contributed by atoms with Crippen molar-refractivity contribution in [1.29, 1.82) is 5.26 Å². The average molecular weight is 261 g/mol. The molecule has 7 heteroatoms. The third-order valence-corrected chi connectivity index (χ3v) is 3.52. The van der Waals surface area contributed by atoms with Crippen LogP contribution in [0.4, 0.5) is 11.5 Å². The first-order valence-electron chi connectivity index (χ1n) is 6.14. The third-order valence-electron chi connectivity index (χ3n) is 3.52. The van der Waals surface area contributed by atoms with Crippen molar-refractivity contribution in [1.82, 2.24) is 4.98 Å². The van der Waals surface area contributed by atoms with E-state index in [-0.39, 0.29) is 16.9 Å². The number of aromatic nitrogens is 1.